The third-order valence-electron chi connectivity index (χ3n) is 4.06. The summed E-state index contributed by atoms with van der Waals surface area (Å²) >= 11 is 0. The van der Waals surface area contributed by atoms with Crippen LogP contribution in [-0.2, 0) is 11.2 Å². The van der Waals surface area contributed by atoms with Crippen molar-refractivity contribution in [2.45, 2.75) is 44.6 Å². The van der Waals surface area contributed by atoms with Crippen LogP contribution in [0, 0.1) is 0 Å². The van der Waals surface area contributed by atoms with Gasteiger partial charge in [0.05, 0.1) is 0 Å². The van der Waals surface area contributed by atoms with E-state index in [0.29, 0.717) is 12.5 Å². The van der Waals surface area contributed by atoms with Crippen LogP contribution in [0.15, 0.2) is 30.3 Å². The fraction of sp³-hybridized carbons (Fsp3) is 0.588. The molecule has 3 nitrogen and oxygen atoms in total. The standard InChI is InChI=1S/C17H26N2O/c1-19(17(20)14-16-11-7-12-18-16)13-6-5-10-15-8-3-2-4-9-15/h2-4,8-9,16,18H,5-7,10-14H2,1H3. The third-order valence-corrected chi connectivity index (χ3v) is 4.06. The molecule has 0 radical (unpaired) electrons. The monoisotopic (exact) mass is 274 g/mol. The van der Waals surface area contributed by atoms with Gasteiger partial charge in [0.1, 0.15) is 0 Å². The molecule has 1 N–H and O–H groups in total. The molecule has 1 atom stereocenters. The van der Waals surface area contributed by atoms with Gasteiger partial charge in [0.25, 0.3) is 0 Å². The second kappa shape index (κ2) is 8.05. The van der Waals surface area contributed by atoms with Crippen LogP contribution in [0.3, 0.4) is 0 Å². The SMILES string of the molecule is CN(CCCCc1ccccc1)C(=O)CC1CCCN1. The number of carbonyl (C=O) groups excluding carboxylic acids is 1. The lowest BCUT2D eigenvalue weighted by Gasteiger charge is -2.19. The van der Waals surface area contributed by atoms with Crippen LogP contribution in [0.25, 0.3) is 0 Å². The second-order valence-corrected chi connectivity index (χ2v) is 5.76. The number of benzene rings is 1. The van der Waals surface area contributed by atoms with E-state index in [9.17, 15) is 4.79 Å². The highest BCUT2D eigenvalue weighted by Gasteiger charge is 2.19. The molecule has 1 aliphatic rings. The van der Waals surface area contributed by atoms with Gasteiger partial charge >= 0.3 is 0 Å². The predicted octanol–water partition coefficient (Wildman–Crippen LogP) is 2.61. The van der Waals surface area contributed by atoms with Crippen LogP contribution in [0.2, 0.25) is 0 Å². The molecular weight excluding hydrogens is 248 g/mol. The van der Waals surface area contributed by atoms with Gasteiger partial charge < -0.3 is 10.2 Å². The normalized spacial score (nSPS) is 18.1. The maximum atomic E-state index is 12.0. The molecule has 0 bridgehead atoms. The van der Waals surface area contributed by atoms with Crippen molar-refractivity contribution < 1.29 is 4.79 Å². The number of amides is 1. The Labute approximate surface area is 122 Å². The number of aryl methyl sites for hydroxylation is 1. The summed E-state index contributed by atoms with van der Waals surface area (Å²) in [6.45, 7) is 1.94. The lowest BCUT2D eigenvalue weighted by molar-refractivity contribution is -0.130. The molecule has 0 spiro atoms. The van der Waals surface area contributed by atoms with E-state index in [1.54, 1.807) is 0 Å². The van der Waals surface area contributed by atoms with Gasteiger partial charge in [-0.1, -0.05) is 30.3 Å². The van der Waals surface area contributed by atoms with Gasteiger partial charge in [-0.15, -0.1) is 0 Å². The zero-order valence-electron chi connectivity index (χ0n) is 12.5. The van der Waals surface area contributed by atoms with Crippen molar-refractivity contribution in [3.8, 4) is 0 Å². The predicted molar refractivity (Wildman–Crippen MR) is 82.7 cm³/mol. The molecule has 1 unspecified atom stereocenters. The number of rotatable bonds is 7. The van der Waals surface area contributed by atoms with E-state index in [1.165, 1.54) is 12.0 Å². The Morgan fingerprint density at radius 2 is 2.10 bits per heavy atom. The maximum absolute atomic E-state index is 12.0. The van der Waals surface area contributed by atoms with Crippen molar-refractivity contribution >= 4 is 5.91 Å². The van der Waals surface area contributed by atoms with Gasteiger partial charge in [0.2, 0.25) is 5.91 Å². The van der Waals surface area contributed by atoms with Crippen molar-refractivity contribution in [3.63, 3.8) is 0 Å². The molecule has 1 amide bonds. The molecule has 1 fully saturated rings. The zero-order valence-corrected chi connectivity index (χ0v) is 12.5. The van der Waals surface area contributed by atoms with Gasteiger partial charge in [-0.3, -0.25) is 4.79 Å². The second-order valence-electron chi connectivity index (χ2n) is 5.76. The van der Waals surface area contributed by atoms with E-state index in [0.717, 1.165) is 38.8 Å². The Balaban J connectivity index is 1.59. The molecule has 1 heterocycles. The van der Waals surface area contributed by atoms with Gasteiger partial charge in [0.15, 0.2) is 0 Å². The molecule has 0 aromatic heterocycles. The van der Waals surface area contributed by atoms with Crippen molar-refractivity contribution in [2.24, 2.45) is 0 Å². The van der Waals surface area contributed by atoms with Crippen LogP contribution in [0.5, 0.6) is 0 Å². The summed E-state index contributed by atoms with van der Waals surface area (Å²) in [6.07, 6.45) is 6.34. The van der Waals surface area contributed by atoms with E-state index in [2.05, 4.69) is 29.6 Å². The van der Waals surface area contributed by atoms with Gasteiger partial charge in [-0.05, 0) is 44.2 Å². The average molecular weight is 274 g/mol. The molecule has 1 aromatic carbocycles. The number of unbranched alkanes of at least 4 members (excludes halogenated alkanes) is 1. The molecule has 110 valence electrons. The molecule has 2 rings (SSSR count). The Bertz CT molecular complexity index is 399. The Morgan fingerprint density at radius 3 is 2.80 bits per heavy atom. The van der Waals surface area contributed by atoms with Crippen molar-refractivity contribution in [2.75, 3.05) is 20.1 Å². The fourth-order valence-electron chi connectivity index (χ4n) is 2.75. The molecule has 1 saturated heterocycles. The van der Waals surface area contributed by atoms with Gasteiger partial charge in [0, 0.05) is 26.1 Å². The first-order valence-corrected chi connectivity index (χ1v) is 7.77. The lowest BCUT2D eigenvalue weighted by Crippen LogP contribution is -2.34. The topological polar surface area (TPSA) is 32.3 Å². The number of nitrogens with one attached hydrogen (secondary N) is 1. The molecule has 1 aliphatic heterocycles. The molecule has 0 aliphatic carbocycles. The summed E-state index contributed by atoms with van der Waals surface area (Å²) in [5.41, 5.74) is 1.39. The first-order valence-electron chi connectivity index (χ1n) is 7.77. The zero-order chi connectivity index (χ0) is 14.2. The van der Waals surface area contributed by atoms with E-state index < -0.39 is 0 Å². The highest BCUT2D eigenvalue weighted by molar-refractivity contribution is 5.76. The minimum absolute atomic E-state index is 0.282. The highest BCUT2D eigenvalue weighted by Crippen LogP contribution is 2.11. The summed E-state index contributed by atoms with van der Waals surface area (Å²) in [7, 11) is 1.93. The quantitative estimate of drug-likeness (QED) is 0.775. The molecular formula is C17H26N2O. The van der Waals surface area contributed by atoms with Crippen LogP contribution in [-0.4, -0.2) is 37.0 Å². The summed E-state index contributed by atoms with van der Waals surface area (Å²) in [5, 5.41) is 3.38. The first kappa shape index (κ1) is 15.0. The molecule has 0 saturated carbocycles. The first-order chi connectivity index (χ1) is 9.75. The van der Waals surface area contributed by atoms with Crippen molar-refractivity contribution in [1.29, 1.82) is 0 Å². The summed E-state index contributed by atoms with van der Waals surface area (Å²) in [5.74, 6) is 0.282. The van der Waals surface area contributed by atoms with Crippen molar-refractivity contribution in [1.82, 2.24) is 10.2 Å². The minimum Gasteiger partial charge on any atom is -0.346 e. The van der Waals surface area contributed by atoms with Gasteiger partial charge in [-0.25, -0.2) is 0 Å². The highest BCUT2D eigenvalue weighted by atomic mass is 16.2. The largest absolute Gasteiger partial charge is 0.346 e. The van der Waals surface area contributed by atoms with Gasteiger partial charge in [-0.2, -0.15) is 0 Å². The van der Waals surface area contributed by atoms with E-state index >= 15 is 0 Å². The average Bonchev–Trinajstić information content (AvgIpc) is 2.97. The number of hydrogen-bond acceptors (Lipinski definition) is 2. The number of nitrogens with zero attached hydrogens (tertiary/aromatic N) is 1. The molecule has 1 aromatic rings. The van der Waals surface area contributed by atoms with E-state index in [4.69, 9.17) is 0 Å². The lowest BCUT2D eigenvalue weighted by atomic mass is 10.1. The third kappa shape index (κ3) is 4.97. The fourth-order valence-corrected chi connectivity index (χ4v) is 2.75. The van der Waals surface area contributed by atoms with E-state index in [1.807, 2.05) is 18.0 Å². The molecule has 3 heteroatoms. The minimum atomic E-state index is 0.282. The Hall–Kier alpha value is -1.35. The van der Waals surface area contributed by atoms with Crippen LogP contribution in [0.4, 0.5) is 0 Å². The summed E-state index contributed by atoms with van der Waals surface area (Å²) < 4.78 is 0. The maximum Gasteiger partial charge on any atom is 0.223 e. The summed E-state index contributed by atoms with van der Waals surface area (Å²) in [4.78, 5) is 13.9. The Kier molecular flexibility index (Phi) is 6.06. The van der Waals surface area contributed by atoms with Crippen LogP contribution >= 0.6 is 0 Å². The number of carbonyl (C=O) groups is 1. The molecule has 20 heavy (non-hydrogen) atoms. The number of hydrogen-bond donors (Lipinski definition) is 1. The van der Waals surface area contributed by atoms with Crippen molar-refractivity contribution in [3.05, 3.63) is 35.9 Å². The van der Waals surface area contributed by atoms with Crippen LogP contribution in [0.1, 0.15) is 37.7 Å². The van der Waals surface area contributed by atoms with E-state index in [-0.39, 0.29) is 5.91 Å². The Morgan fingerprint density at radius 1 is 1.30 bits per heavy atom. The smallest absolute Gasteiger partial charge is 0.223 e. The summed E-state index contributed by atoms with van der Waals surface area (Å²) in [6, 6.07) is 11.0. The van der Waals surface area contributed by atoms with Crippen LogP contribution < -0.4 is 5.32 Å².